The number of amides is 2. The minimum absolute atomic E-state index is 0.0308. The van der Waals surface area contributed by atoms with Crippen LogP contribution in [0, 0.1) is 5.92 Å². The van der Waals surface area contributed by atoms with Crippen LogP contribution in [0.4, 0.5) is 0 Å². The van der Waals surface area contributed by atoms with Crippen LogP contribution in [0.25, 0.3) is 0 Å². The zero-order chi connectivity index (χ0) is 17.5. The third-order valence-corrected chi connectivity index (χ3v) is 4.50. The number of likely N-dealkylation sites (tertiary alicyclic amines) is 1. The number of hydrogen-bond acceptors (Lipinski definition) is 3. The molecule has 1 aromatic carbocycles. The lowest BCUT2D eigenvalue weighted by Crippen LogP contribution is -2.45. The maximum atomic E-state index is 12.6. The van der Waals surface area contributed by atoms with Crippen molar-refractivity contribution in [2.45, 2.75) is 19.3 Å². The molecule has 0 saturated carbocycles. The van der Waals surface area contributed by atoms with Crippen molar-refractivity contribution >= 4 is 23.4 Å². The maximum absolute atomic E-state index is 12.6. The van der Waals surface area contributed by atoms with E-state index >= 15 is 0 Å². The number of nitrogens with zero attached hydrogens (tertiary/aromatic N) is 2. The van der Waals surface area contributed by atoms with Crippen LogP contribution in [0.3, 0.4) is 0 Å². The van der Waals surface area contributed by atoms with E-state index in [2.05, 4.69) is 10.2 Å². The zero-order valence-corrected chi connectivity index (χ0v) is 15.2. The highest BCUT2D eigenvalue weighted by Crippen LogP contribution is 2.19. The van der Waals surface area contributed by atoms with Crippen molar-refractivity contribution in [3.63, 3.8) is 0 Å². The van der Waals surface area contributed by atoms with Gasteiger partial charge in [-0.1, -0.05) is 11.6 Å². The number of hydrogen-bond donors (Lipinski definition) is 1. The van der Waals surface area contributed by atoms with E-state index in [0.29, 0.717) is 30.2 Å². The van der Waals surface area contributed by atoms with E-state index in [1.807, 2.05) is 14.1 Å². The number of carbonyl (C=O) groups is 2. The van der Waals surface area contributed by atoms with Crippen LogP contribution in [0.5, 0.6) is 0 Å². The zero-order valence-electron chi connectivity index (χ0n) is 14.4. The van der Waals surface area contributed by atoms with E-state index in [1.54, 1.807) is 29.2 Å². The van der Waals surface area contributed by atoms with Gasteiger partial charge in [-0.05, 0) is 64.2 Å². The standard InChI is InChI=1S/C18H26ClN3O2/c1-21(2)11-4-10-20-17(23)15-5-3-12-22(13-15)18(24)14-6-8-16(19)9-7-14/h6-9,15H,3-5,10-13H2,1-2H3,(H,20,23). The van der Waals surface area contributed by atoms with Crippen LogP contribution in [0.2, 0.25) is 5.02 Å². The van der Waals surface area contributed by atoms with Gasteiger partial charge in [-0.15, -0.1) is 0 Å². The molecule has 6 heteroatoms. The number of carbonyl (C=O) groups excluding carboxylic acids is 2. The second kappa shape index (κ2) is 9.04. The third kappa shape index (κ3) is 5.49. The molecule has 1 aliphatic heterocycles. The van der Waals surface area contributed by atoms with Gasteiger partial charge in [0.05, 0.1) is 5.92 Å². The summed E-state index contributed by atoms with van der Waals surface area (Å²) in [4.78, 5) is 28.7. The second-order valence-corrected chi connectivity index (χ2v) is 6.98. The molecule has 0 spiro atoms. The van der Waals surface area contributed by atoms with E-state index in [1.165, 1.54) is 0 Å². The first-order valence-electron chi connectivity index (χ1n) is 8.44. The van der Waals surface area contributed by atoms with Gasteiger partial charge in [0.1, 0.15) is 0 Å². The quantitative estimate of drug-likeness (QED) is 0.800. The third-order valence-electron chi connectivity index (χ3n) is 4.25. The molecule has 5 nitrogen and oxygen atoms in total. The molecule has 132 valence electrons. The Labute approximate surface area is 149 Å². The van der Waals surface area contributed by atoms with Crippen molar-refractivity contribution in [2.75, 3.05) is 40.3 Å². The fourth-order valence-electron chi connectivity index (χ4n) is 2.90. The van der Waals surface area contributed by atoms with Crippen LogP contribution in [0.1, 0.15) is 29.6 Å². The van der Waals surface area contributed by atoms with E-state index in [4.69, 9.17) is 11.6 Å². The van der Waals surface area contributed by atoms with Gasteiger partial charge in [0.2, 0.25) is 5.91 Å². The molecule has 1 heterocycles. The van der Waals surface area contributed by atoms with Gasteiger partial charge < -0.3 is 15.1 Å². The van der Waals surface area contributed by atoms with Gasteiger partial charge in [-0.25, -0.2) is 0 Å². The predicted octanol–water partition coefficient (Wildman–Crippen LogP) is 2.26. The number of benzene rings is 1. The fraction of sp³-hybridized carbons (Fsp3) is 0.556. The summed E-state index contributed by atoms with van der Waals surface area (Å²) in [6.07, 6.45) is 2.62. The van der Waals surface area contributed by atoms with E-state index in [0.717, 1.165) is 25.8 Å². The number of halogens is 1. The first-order valence-corrected chi connectivity index (χ1v) is 8.82. The molecule has 0 aliphatic carbocycles. The largest absolute Gasteiger partial charge is 0.356 e. The number of rotatable bonds is 6. The lowest BCUT2D eigenvalue weighted by atomic mass is 9.96. The molecule has 2 rings (SSSR count). The van der Waals surface area contributed by atoms with Gasteiger partial charge in [-0.3, -0.25) is 9.59 Å². The van der Waals surface area contributed by atoms with Crippen molar-refractivity contribution < 1.29 is 9.59 Å². The lowest BCUT2D eigenvalue weighted by Gasteiger charge is -2.32. The van der Waals surface area contributed by atoms with Gasteiger partial charge in [0, 0.05) is 30.2 Å². The number of nitrogens with one attached hydrogen (secondary N) is 1. The minimum atomic E-state index is -0.116. The summed E-state index contributed by atoms with van der Waals surface area (Å²) in [7, 11) is 4.03. The predicted molar refractivity (Wildman–Crippen MR) is 96.3 cm³/mol. The highest BCUT2D eigenvalue weighted by Gasteiger charge is 2.28. The SMILES string of the molecule is CN(C)CCCNC(=O)C1CCCN(C(=O)c2ccc(Cl)cc2)C1. The Hall–Kier alpha value is -1.59. The normalized spacial score (nSPS) is 17.8. The summed E-state index contributed by atoms with van der Waals surface area (Å²) < 4.78 is 0. The lowest BCUT2D eigenvalue weighted by molar-refractivity contribution is -0.126. The molecule has 1 atom stereocenters. The Morgan fingerprint density at radius 2 is 2.00 bits per heavy atom. The summed E-state index contributed by atoms with van der Waals surface area (Å²) in [5, 5.41) is 3.60. The summed E-state index contributed by atoms with van der Waals surface area (Å²) in [5.41, 5.74) is 0.617. The summed E-state index contributed by atoms with van der Waals surface area (Å²) >= 11 is 5.87. The highest BCUT2D eigenvalue weighted by molar-refractivity contribution is 6.30. The van der Waals surface area contributed by atoms with Crippen LogP contribution in [-0.2, 0) is 4.79 Å². The summed E-state index contributed by atoms with van der Waals surface area (Å²) in [6.45, 7) is 2.82. The first kappa shape index (κ1) is 18.7. The molecule has 0 radical (unpaired) electrons. The van der Waals surface area contributed by atoms with Crippen molar-refractivity contribution in [2.24, 2.45) is 5.92 Å². The number of piperidine rings is 1. The average molecular weight is 352 g/mol. The molecule has 0 bridgehead atoms. The summed E-state index contributed by atoms with van der Waals surface area (Å²) in [6, 6.07) is 6.90. The van der Waals surface area contributed by atoms with Crippen LogP contribution >= 0.6 is 11.6 Å². The first-order chi connectivity index (χ1) is 11.5. The Bertz CT molecular complexity index is 560. The van der Waals surface area contributed by atoms with E-state index < -0.39 is 0 Å². The van der Waals surface area contributed by atoms with E-state index in [-0.39, 0.29) is 17.7 Å². The van der Waals surface area contributed by atoms with Gasteiger partial charge in [0.25, 0.3) is 5.91 Å². The molecule has 0 aromatic heterocycles. The van der Waals surface area contributed by atoms with E-state index in [9.17, 15) is 9.59 Å². The molecular weight excluding hydrogens is 326 g/mol. The van der Waals surface area contributed by atoms with Gasteiger partial charge in [-0.2, -0.15) is 0 Å². The smallest absolute Gasteiger partial charge is 0.253 e. The van der Waals surface area contributed by atoms with Gasteiger partial charge in [0.15, 0.2) is 0 Å². The molecule has 1 saturated heterocycles. The van der Waals surface area contributed by atoms with Crippen LogP contribution < -0.4 is 5.32 Å². The Morgan fingerprint density at radius 3 is 2.67 bits per heavy atom. The molecule has 1 unspecified atom stereocenters. The molecule has 2 amide bonds. The minimum Gasteiger partial charge on any atom is -0.356 e. The van der Waals surface area contributed by atoms with Crippen molar-refractivity contribution in [1.82, 2.24) is 15.1 Å². The van der Waals surface area contributed by atoms with Gasteiger partial charge >= 0.3 is 0 Å². The highest BCUT2D eigenvalue weighted by atomic mass is 35.5. The molecule has 1 fully saturated rings. The second-order valence-electron chi connectivity index (χ2n) is 6.55. The molecule has 1 N–H and O–H groups in total. The molecule has 1 aromatic rings. The van der Waals surface area contributed by atoms with Crippen molar-refractivity contribution in [3.8, 4) is 0 Å². The topological polar surface area (TPSA) is 52.7 Å². The monoisotopic (exact) mass is 351 g/mol. The Kier molecular flexibility index (Phi) is 7.06. The van der Waals surface area contributed by atoms with Crippen molar-refractivity contribution in [3.05, 3.63) is 34.9 Å². The maximum Gasteiger partial charge on any atom is 0.253 e. The molecule has 1 aliphatic rings. The van der Waals surface area contributed by atoms with Crippen molar-refractivity contribution in [1.29, 1.82) is 0 Å². The van der Waals surface area contributed by atoms with Crippen LogP contribution in [-0.4, -0.2) is 61.9 Å². The molecule has 24 heavy (non-hydrogen) atoms. The summed E-state index contributed by atoms with van der Waals surface area (Å²) in [5.74, 6) is -0.0894. The fourth-order valence-corrected chi connectivity index (χ4v) is 3.03. The Balaban J connectivity index is 1.85. The Morgan fingerprint density at radius 1 is 1.29 bits per heavy atom. The van der Waals surface area contributed by atoms with Crippen LogP contribution in [0.15, 0.2) is 24.3 Å². The molecular formula is C18H26ClN3O2. The average Bonchev–Trinajstić information content (AvgIpc) is 2.58.